The Balaban J connectivity index is 1.69. The Labute approximate surface area is 153 Å². The van der Waals surface area contributed by atoms with Crippen LogP contribution < -0.4 is 0 Å². The van der Waals surface area contributed by atoms with E-state index in [9.17, 15) is 4.79 Å². The molecule has 0 aromatic heterocycles. The Morgan fingerprint density at radius 3 is 2.52 bits per heavy atom. The minimum absolute atomic E-state index is 0.0826. The van der Waals surface area contributed by atoms with Gasteiger partial charge in [-0.2, -0.15) is 0 Å². The lowest BCUT2D eigenvalue weighted by molar-refractivity contribution is -0.130. The van der Waals surface area contributed by atoms with Gasteiger partial charge in [-0.1, -0.05) is 25.3 Å². The van der Waals surface area contributed by atoms with Crippen LogP contribution in [0.4, 0.5) is 0 Å². The summed E-state index contributed by atoms with van der Waals surface area (Å²) in [6, 6.07) is 1.17. The molecule has 3 aliphatic rings. The largest absolute Gasteiger partial charge is 0.299 e. The van der Waals surface area contributed by atoms with Gasteiger partial charge >= 0.3 is 0 Å². The highest BCUT2D eigenvalue weighted by atomic mass is 16.2. The SMILES string of the molecule is CC(C)N(CCC1CCCCC1C1C=C2C=CC=CN2C1=O)C(C)C. The molecule has 3 heteroatoms. The second-order valence-corrected chi connectivity index (χ2v) is 8.45. The lowest BCUT2D eigenvalue weighted by atomic mass is 9.71. The normalized spacial score (nSPS) is 29.1. The fourth-order valence-electron chi connectivity index (χ4n) is 5.01. The summed E-state index contributed by atoms with van der Waals surface area (Å²) in [4.78, 5) is 17.4. The molecule has 1 saturated carbocycles. The highest BCUT2D eigenvalue weighted by Crippen LogP contribution is 2.42. The Morgan fingerprint density at radius 2 is 1.84 bits per heavy atom. The monoisotopic (exact) mass is 342 g/mol. The van der Waals surface area contributed by atoms with Gasteiger partial charge < -0.3 is 0 Å². The highest BCUT2D eigenvalue weighted by molar-refractivity contribution is 5.88. The number of nitrogens with zero attached hydrogens (tertiary/aromatic N) is 2. The fraction of sp³-hybridized carbons (Fsp3) is 0.682. The van der Waals surface area contributed by atoms with E-state index in [1.54, 1.807) is 0 Å². The lowest BCUT2D eigenvalue weighted by Gasteiger charge is -2.37. The van der Waals surface area contributed by atoms with Gasteiger partial charge in [-0.05, 0) is 77.1 Å². The molecule has 0 spiro atoms. The molecule has 1 aliphatic carbocycles. The first-order valence-corrected chi connectivity index (χ1v) is 10.1. The van der Waals surface area contributed by atoms with Gasteiger partial charge in [0.2, 0.25) is 5.91 Å². The van der Waals surface area contributed by atoms with Crippen LogP contribution in [0.2, 0.25) is 0 Å². The Bertz CT molecular complexity index is 565. The molecule has 3 rings (SSSR count). The summed E-state index contributed by atoms with van der Waals surface area (Å²) in [7, 11) is 0. The van der Waals surface area contributed by atoms with E-state index in [0.717, 1.165) is 12.2 Å². The zero-order valence-electron chi connectivity index (χ0n) is 16.3. The quantitative estimate of drug-likeness (QED) is 0.697. The maximum atomic E-state index is 12.9. The summed E-state index contributed by atoms with van der Waals surface area (Å²) in [5.41, 5.74) is 1.08. The molecular formula is C22H34N2O. The van der Waals surface area contributed by atoms with Crippen molar-refractivity contribution < 1.29 is 4.79 Å². The van der Waals surface area contributed by atoms with Crippen LogP contribution in [0, 0.1) is 17.8 Å². The zero-order chi connectivity index (χ0) is 18.0. The third kappa shape index (κ3) is 3.92. The number of carbonyl (C=O) groups excluding carboxylic acids is 1. The molecule has 0 N–H and O–H groups in total. The number of hydrogen-bond donors (Lipinski definition) is 0. The molecule has 3 unspecified atom stereocenters. The van der Waals surface area contributed by atoms with Gasteiger partial charge in [-0.3, -0.25) is 14.6 Å². The highest BCUT2D eigenvalue weighted by Gasteiger charge is 2.40. The summed E-state index contributed by atoms with van der Waals surface area (Å²) in [5.74, 6) is 1.56. The Morgan fingerprint density at radius 1 is 1.12 bits per heavy atom. The van der Waals surface area contributed by atoms with Crippen molar-refractivity contribution in [2.75, 3.05) is 6.54 Å². The summed E-state index contributed by atoms with van der Waals surface area (Å²) in [6.07, 6.45) is 16.5. The summed E-state index contributed by atoms with van der Waals surface area (Å²) in [5, 5.41) is 0. The molecule has 1 fully saturated rings. The van der Waals surface area contributed by atoms with Crippen LogP contribution in [0.25, 0.3) is 0 Å². The Kier molecular flexibility index (Phi) is 5.83. The van der Waals surface area contributed by atoms with Gasteiger partial charge in [0.15, 0.2) is 0 Å². The molecule has 138 valence electrons. The van der Waals surface area contributed by atoms with Crippen molar-refractivity contribution >= 4 is 5.91 Å². The van der Waals surface area contributed by atoms with Crippen LogP contribution in [-0.2, 0) is 4.79 Å². The summed E-state index contributed by atoms with van der Waals surface area (Å²) >= 11 is 0. The van der Waals surface area contributed by atoms with Gasteiger partial charge in [0, 0.05) is 24.0 Å². The van der Waals surface area contributed by atoms with E-state index in [1.165, 1.54) is 32.1 Å². The van der Waals surface area contributed by atoms with Crippen molar-refractivity contribution in [1.29, 1.82) is 0 Å². The third-order valence-corrected chi connectivity index (χ3v) is 6.28. The number of carbonyl (C=O) groups is 1. The molecule has 0 aromatic rings. The first-order valence-electron chi connectivity index (χ1n) is 10.1. The third-order valence-electron chi connectivity index (χ3n) is 6.28. The van der Waals surface area contributed by atoms with E-state index in [2.05, 4.69) is 44.7 Å². The summed E-state index contributed by atoms with van der Waals surface area (Å²) in [6.45, 7) is 10.3. The van der Waals surface area contributed by atoms with Crippen molar-refractivity contribution in [3.05, 3.63) is 36.2 Å². The molecular weight excluding hydrogens is 308 g/mol. The van der Waals surface area contributed by atoms with Gasteiger partial charge in [-0.15, -0.1) is 0 Å². The van der Waals surface area contributed by atoms with E-state index >= 15 is 0 Å². The maximum Gasteiger partial charge on any atom is 0.238 e. The molecule has 25 heavy (non-hydrogen) atoms. The first kappa shape index (κ1) is 18.4. The molecule has 2 aliphatic heterocycles. The van der Waals surface area contributed by atoms with E-state index in [-0.39, 0.29) is 11.8 Å². The Hall–Kier alpha value is -1.35. The number of allylic oxidation sites excluding steroid dienone is 3. The average Bonchev–Trinajstić information content (AvgIpc) is 2.92. The van der Waals surface area contributed by atoms with E-state index < -0.39 is 0 Å². The molecule has 0 saturated heterocycles. The molecule has 1 amide bonds. The van der Waals surface area contributed by atoms with Crippen LogP contribution in [0.15, 0.2) is 36.2 Å². The van der Waals surface area contributed by atoms with Crippen LogP contribution >= 0.6 is 0 Å². The van der Waals surface area contributed by atoms with E-state index in [4.69, 9.17) is 0 Å². The van der Waals surface area contributed by atoms with Crippen molar-refractivity contribution in [2.24, 2.45) is 17.8 Å². The van der Waals surface area contributed by atoms with Crippen LogP contribution in [-0.4, -0.2) is 34.3 Å². The second-order valence-electron chi connectivity index (χ2n) is 8.45. The van der Waals surface area contributed by atoms with Crippen LogP contribution in [0.1, 0.15) is 59.8 Å². The van der Waals surface area contributed by atoms with Crippen molar-refractivity contribution in [2.45, 2.75) is 71.9 Å². The second kappa shape index (κ2) is 7.90. The number of fused-ring (bicyclic) bond motifs is 1. The van der Waals surface area contributed by atoms with Gasteiger partial charge in [0.1, 0.15) is 0 Å². The number of hydrogen-bond acceptors (Lipinski definition) is 2. The maximum absolute atomic E-state index is 12.9. The predicted octanol–water partition coefficient (Wildman–Crippen LogP) is 4.73. The summed E-state index contributed by atoms with van der Waals surface area (Å²) < 4.78 is 0. The average molecular weight is 343 g/mol. The standard InChI is InChI=1S/C22H34N2O/c1-16(2)23(17(3)4)14-12-18-9-5-6-11-20(18)21-15-19-10-7-8-13-24(19)22(21)25/h7-8,10,13,15-18,20-21H,5-6,9,11-12,14H2,1-4H3. The molecule has 0 radical (unpaired) electrons. The first-order chi connectivity index (χ1) is 12.0. The predicted molar refractivity (Wildman–Crippen MR) is 104 cm³/mol. The lowest BCUT2D eigenvalue weighted by Crippen LogP contribution is -2.40. The van der Waals surface area contributed by atoms with Gasteiger partial charge in [0.05, 0.1) is 5.92 Å². The molecule has 0 aromatic carbocycles. The smallest absolute Gasteiger partial charge is 0.238 e. The van der Waals surface area contributed by atoms with Crippen LogP contribution in [0.3, 0.4) is 0 Å². The zero-order valence-corrected chi connectivity index (χ0v) is 16.3. The fourth-order valence-corrected chi connectivity index (χ4v) is 5.01. The molecule has 2 heterocycles. The number of amides is 1. The number of rotatable bonds is 6. The molecule has 3 nitrogen and oxygen atoms in total. The van der Waals surface area contributed by atoms with Crippen molar-refractivity contribution in [3.8, 4) is 0 Å². The minimum Gasteiger partial charge on any atom is -0.299 e. The van der Waals surface area contributed by atoms with Crippen molar-refractivity contribution in [3.63, 3.8) is 0 Å². The molecule has 0 bridgehead atoms. The van der Waals surface area contributed by atoms with E-state index in [0.29, 0.717) is 23.9 Å². The molecule has 3 atom stereocenters. The van der Waals surface area contributed by atoms with Crippen LogP contribution in [0.5, 0.6) is 0 Å². The van der Waals surface area contributed by atoms with E-state index in [1.807, 2.05) is 23.3 Å². The van der Waals surface area contributed by atoms with Crippen molar-refractivity contribution in [1.82, 2.24) is 9.80 Å². The minimum atomic E-state index is 0.0826. The van der Waals surface area contributed by atoms with Gasteiger partial charge in [0.25, 0.3) is 0 Å². The topological polar surface area (TPSA) is 23.6 Å². The van der Waals surface area contributed by atoms with Gasteiger partial charge in [-0.25, -0.2) is 0 Å².